The Morgan fingerprint density at radius 1 is 1.40 bits per heavy atom. The number of carbonyl (C=O) groups is 1. The monoisotopic (exact) mass is 275 g/mol. The summed E-state index contributed by atoms with van der Waals surface area (Å²) in [6.45, 7) is 3.06. The molecule has 2 aromatic heterocycles. The van der Waals surface area contributed by atoms with E-state index in [4.69, 9.17) is 5.11 Å². The second-order valence-corrected chi connectivity index (χ2v) is 4.42. The van der Waals surface area contributed by atoms with Gasteiger partial charge in [0.15, 0.2) is 0 Å². The molecule has 0 aliphatic carbocycles. The topological polar surface area (TPSA) is 92.9 Å². The Morgan fingerprint density at radius 2 is 2.20 bits per heavy atom. The Bertz CT molecular complexity index is 609. The van der Waals surface area contributed by atoms with Crippen molar-refractivity contribution in [2.75, 3.05) is 0 Å². The normalized spacial score (nSPS) is 10.7. The number of aryl methyl sites for hydroxylation is 2. The first-order chi connectivity index (χ1) is 9.61. The average Bonchev–Trinajstić information content (AvgIpc) is 2.79. The first-order valence-corrected chi connectivity index (χ1v) is 6.36. The first-order valence-electron chi connectivity index (χ1n) is 6.36. The van der Waals surface area contributed by atoms with E-state index in [2.05, 4.69) is 27.3 Å². The highest BCUT2D eigenvalue weighted by Crippen LogP contribution is 2.08. The summed E-state index contributed by atoms with van der Waals surface area (Å²) in [5.41, 5.74) is 2.76. The number of hydrogen-bond donors (Lipinski definition) is 2. The van der Waals surface area contributed by atoms with Crippen LogP contribution in [0.25, 0.3) is 0 Å². The van der Waals surface area contributed by atoms with Gasteiger partial charge in [0, 0.05) is 38.1 Å². The van der Waals surface area contributed by atoms with Gasteiger partial charge >= 0.3 is 5.97 Å². The molecule has 0 amide bonds. The van der Waals surface area contributed by atoms with Crippen LogP contribution < -0.4 is 5.32 Å². The van der Waals surface area contributed by atoms with Gasteiger partial charge in [-0.15, -0.1) is 0 Å². The van der Waals surface area contributed by atoms with Crippen molar-refractivity contribution in [3.8, 4) is 0 Å². The maximum atomic E-state index is 11.0. The molecular weight excluding hydrogens is 258 g/mol. The van der Waals surface area contributed by atoms with E-state index in [1.807, 2.05) is 13.2 Å². The molecule has 0 aliphatic heterocycles. The SMILES string of the molecule is CCc1nn(C)cc1CNCc1ncncc1C(=O)O. The number of carboxylic acids is 1. The summed E-state index contributed by atoms with van der Waals surface area (Å²) in [6.07, 6.45) is 5.49. The van der Waals surface area contributed by atoms with Crippen molar-refractivity contribution in [1.82, 2.24) is 25.1 Å². The second kappa shape index (κ2) is 6.25. The summed E-state index contributed by atoms with van der Waals surface area (Å²) in [5.74, 6) is -1.02. The number of nitrogens with zero attached hydrogens (tertiary/aromatic N) is 4. The van der Waals surface area contributed by atoms with Crippen LogP contribution in [0.4, 0.5) is 0 Å². The molecule has 0 saturated carbocycles. The Labute approximate surface area is 116 Å². The van der Waals surface area contributed by atoms with Gasteiger partial charge in [0.1, 0.15) is 11.9 Å². The summed E-state index contributed by atoms with van der Waals surface area (Å²) >= 11 is 0. The molecule has 0 aliphatic rings. The number of carboxylic acid groups (broad SMARTS) is 1. The molecule has 0 spiro atoms. The molecule has 0 saturated heterocycles. The smallest absolute Gasteiger partial charge is 0.339 e. The highest BCUT2D eigenvalue weighted by molar-refractivity contribution is 5.88. The minimum absolute atomic E-state index is 0.127. The average molecular weight is 275 g/mol. The van der Waals surface area contributed by atoms with Crippen molar-refractivity contribution in [3.63, 3.8) is 0 Å². The Morgan fingerprint density at radius 3 is 2.90 bits per heavy atom. The molecule has 2 heterocycles. The lowest BCUT2D eigenvalue weighted by atomic mass is 10.2. The van der Waals surface area contributed by atoms with Crippen LogP contribution in [0.1, 0.15) is 34.2 Å². The van der Waals surface area contributed by atoms with E-state index in [9.17, 15) is 4.79 Å². The lowest BCUT2D eigenvalue weighted by Crippen LogP contribution is -2.17. The lowest BCUT2D eigenvalue weighted by molar-refractivity contribution is 0.0694. The highest BCUT2D eigenvalue weighted by atomic mass is 16.4. The van der Waals surface area contributed by atoms with Crippen LogP contribution in [0.15, 0.2) is 18.7 Å². The maximum Gasteiger partial charge on any atom is 0.339 e. The molecule has 0 fully saturated rings. The third-order valence-electron chi connectivity index (χ3n) is 2.96. The van der Waals surface area contributed by atoms with Gasteiger partial charge in [-0.05, 0) is 6.42 Å². The Hall–Kier alpha value is -2.28. The zero-order valence-electron chi connectivity index (χ0n) is 11.5. The predicted molar refractivity (Wildman–Crippen MR) is 72.1 cm³/mol. The van der Waals surface area contributed by atoms with Gasteiger partial charge in [-0.1, -0.05) is 6.92 Å². The molecule has 0 unspecified atom stereocenters. The molecule has 0 bridgehead atoms. The summed E-state index contributed by atoms with van der Waals surface area (Å²) in [6, 6.07) is 0. The quantitative estimate of drug-likeness (QED) is 0.808. The molecule has 0 atom stereocenters. The van der Waals surface area contributed by atoms with Crippen molar-refractivity contribution in [3.05, 3.63) is 41.2 Å². The minimum atomic E-state index is -1.02. The molecule has 20 heavy (non-hydrogen) atoms. The molecule has 0 aromatic carbocycles. The number of hydrogen-bond acceptors (Lipinski definition) is 5. The van der Waals surface area contributed by atoms with E-state index in [-0.39, 0.29) is 5.56 Å². The van der Waals surface area contributed by atoms with E-state index in [1.54, 1.807) is 4.68 Å². The van der Waals surface area contributed by atoms with Crippen LogP contribution in [0.3, 0.4) is 0 Å². The largest absolute Gasteiger partial charge is 0.478 e. The molecule has 0 radical (unpaired) electrons. The molecule has 7 heteroatoms. The van der Waals surface area contributed by atoms with Crippen LogP contribution in [0.5, 0.6) is 0 Å². The fraction of sp³-hybridized carbons (Fsp3) is 0.385. The van der Waals surface area contributed by atoms with E-state index < -0.39 is 5.97 Å². The fourth-order valence-corrected chi connectivity index (χ4v) is 2.02. The molecule has 2 aromatic rings. The molecule has 7 nitrogen and oxygen atoms in total. The number of aromatic carboxylic acids is 1. The van der Waals surface area contributed by atoms with E-state index >= 15 is 0 Å². The van der Waals surface area contributed by atoms with Crippen molar-refractivity contribution >= 4 is 5.97 Å². The fourth-order valence-electron chi connectivity index (χ4n) is 2.02. The summed E-state index contributed by atoms with van der Waals surface area (Å²) in [4.78, 5) is 18.8. The van der Waals surface area contributed by atoms with E-state index in [1.165, 1.54) is 12.5 Å². The van der Waals surface area contributed by atoms with Gasteiger partial charge in [0.25, 0.3) is 0 Å². The number of aromatic nitrogens is 4. The lowest BCUT2D eigenvalue weighted by Gasteiger charge is -2.06. The zero-order valence-corrected chi connectivity index (χ0v) is 11.5. The van der Waals surface area contributed by atoms with Gasteiger partial charge in [0.05, 0.1) is 11.4 Å². The summed E-state index contributed by atoms with van der Waals surface area (Å²) < 4.78 is 1.78. The minimum Gasteiger partial charge on any atom is -0.478 e. The number of rotatable bonds is 6. The Kier molecular flexibility index (Phi) is 4.41. The van der Waals surface area contributed by atoms with Crippen LogP contribution >= 0.6 is 0 Å². The second-order valence-electron chi connectivity index (χ2n) is 4.42. The molecule has 2 N–H and O–H groups in total. The van der Waals surface area contributed by atoms with Crippen LogP contribution in [-0.4, -0.2) is 30.8 Å². The predicted octanol–water partition coefficient (Wildman–Crippen LogP) is 0.760. The third-order valence-corrected chi connectivity index (χ3v) is 2.96. The molecule has 106 valence electrons. The van der Waals surface area contributed by atoms with Crippen molar-refractivity contribution in [2.45, 2.75) is 26.4 Å². The highest BCUT2D eigenvalue weighted by Gasteiger charge is 2.11. The van der Waals surface area contributed by atoms with Gasteiger partial charge < -0.3 is 10.4 Å². The molecular formula is C13H17N5O2. The van der Waals surface area contributed by atoms with Crippen molar-refractivity contribution in [1.29, 1.82) is 0 Å². The first kappa shape index (κ1) is 14.1. The van der Waals surface area contributed by atoms with Crippen molar-refractivity contribution in [2.24, 2.45) is 7.05 Å². The Balaban J connectivity index is 2.01. The van der Waals surface area contributed by atoms with E-state index in [0.717, 1.165) is 17.7 Å². The summed E-state index contributed by atoms with van der Waals surface area (Å²) in [5, 5.41) is 16.6. The van der Waals surface area contributed by atoms with Gasteiger partial charge in [-0.3, -0.25) is 4.68 Å². The van der Waals surface area contributed by atoms with Crippen LogP contribution in [0, 0.1) is 0 Å². The van der Waals surface area contributed by atoms with E-state index in [0.29, 0.717) is 18.8 Å². The third kappa shape index (κ3) is 3.18. The van der Waals surface area contributed by atoms with Gasteiger partial charge in [0.2, 0.25) is 0 Å². The zero-order chi connectivity index (χ0) is 14.5. The van der Waals surface area contributed by atoms with Gasteiger partial charge in [-0.2, -0.15) is 5.10 Å². The maximum absolute atomic E-state index is 11.0. The molecule has 2 rings (SSSR count). The summed E-state index contributed by atoms with van der Waals surface area (Å²) in [7, 11) is 1.88. The van der Waals surface area contributed by atoms with Crippen LogP contribution in [-0.2, 0) is 26.6 Å². The standard InChI is InChI=1S/C13H17N5O2/c1-3-11-9(7-18(2)17-11)4-14-6-12-10(13(19)20)5-15-8-16-12/h5,7-8,14H,3-4,6H2,1-2H3,(H,19,20). The number of nitrogens with one attached hydrogen (secondary N) is 1. The van der Waals surface area contributed by atoms with Crippen LogP contribution in [0.2, 0.25) is 0 Å². The van der Waals surface area contributed by atoms with Crippen molar-refractivity contribution < 1.29 is 9.90 Å². The van der Waals surface area contributed by atoms with Gasteiger partial charge in [-0.25, -0.2) is 14.8 Å².